The number of carbonyl (C=O) groups excluding carboxylic acids is 1. The minimum Gasteiger partial charge on any atom is -0.375 e. The van der Waals surface area contributed by atoms with E-state index in [1.807, 2.05) is 0 Å². The van der Waals surface area contributed by atoms with Gasteiger partial charge in [0.2, 0.25) is 11.8 Å². The Morgan fingerprint density at radius 2 is 2.08 bits per heavy atom. The Morgan fingerprint density at radius 3 is 2.96 bits per heavy atom. The van der Waals surface area contributed by atoms with Gasteiger partial charge >= 0.3 is 0 Å². The van der Waals surface area contributed by atoms with Crippen LogP contribution in [0.4, 0.5) is 0 Å². The van der Waals surface area contributed by atoms with Gasteiger partial charge in [0.25, 0.3) is 0 Å². The number of morpholine rings is 1. The molecule has 3 fully saturated rings. The van der Waals surface area contributed by atoms with Gasteiger partial charge in [-0.25, -0.2) is 0 Å². The number of amides is 1. The summed E-state index contributed by atoms with van der Waals surface area (Å²) in [5, 5.41) is 10.6. The van der Waals surface area contributed by atoms with Crippen molar-refractivity contribution in [2.75, 3.05) is 13.2 Å². The molecule has 1 aromatic heterocycles. The Hall–Kier alpha value is -1.47. The third-order valence-corrected chi connectivity index (χ3v) is 5.87. The summed E-state index contributed by atoms with van der Waals surface area (Å²) >= 11 is 0. The zero-order valence-corrected chi connectivity index (χ0v) is 14.7. The SMILES string of the molecule is O=C(NCc1nc(C2CCCCC2)no1)[C@H]1CC[C@H]2OCCN[C@@H]2C1. The second-order valence-electron chi connectivity index (χ2n) is 7.58. The molecule has 2 aliphatic carbocycles. The second-order valence-corrected chi connectivity index (χ2v) is 7.58. The summed E-state index contributed by atoms with van der Waals surface area (Å²) in [5.41, 5.74) is 0. The number of hydrogen-bond donors (Lipinski definition) is 2. The Balaban J connectivity index is 1.26. The lowest BCUT2D eigenvalue weighted by Gasteiger charge is -2.39. The van der Waals surface area contributed by atoms with E-state index in [1.54, 1.807) is 0 Å². The topological polar surface area (TPSA) is 89.3 Å². The van der Waals surface area contributed by atoms with Gasteiger partial charge in [-0.2, -0.15) is 4.98 Å². The molecule has 2 heterocycles. The first-order valence-electron chi connectivity index (χ1n) is 9.75. The molecule has 7 nitrogen and oxygen atoms in total. The molecular weight excluding hydrogens is 320 g/mol. The highest BCUT2D eigenvalue weighted by molar-refractivity contribution is 5.78. The van der Waals surface area contributed by atoms with Crippen molar-refractivity contribution in [3.63, 3.8) is 0 Å². The van der Waals surface area contributed by atoms with Crippen LogP contribution in [0.15, 0.2) is 4.52 Å². The molecule has 1 amide bonds. The van der Waals surface area contributed by atoms with E-state index >= 15 is 0 Å². The predicted molar refractivity (Wildman–Crippen MR) is 90.8 cm³/mol. The van der Waals surface area contributed by atoms with Crippen LogP contribution in [0.5, 0.6) is 0 Å². The summed E-state index contributed by atoms with van der Waals surface area (Å²) in [5.74, 6) is 1.88. The zero-order valence-electron chi connectivity index (χ0n) is 14.7. The highest BCUT2D eigenvalue weighted by atomic mass is 16.5. The number of rotatable bonds is 4. The molecule has 1 saturated heterocycles. The summed E-state index contributed by atoms with van der Waals surface area (Å²) in [4.78, 5) is 17.0. The van der Waals surface area contributed by atoms with Crippen LogP contribution in [-0.2, 0) is 16.1 Å². The molecule has 0 unspecified atom stereocenters. The third-order valence-electron chi connectivity index (χ3n) is 5.87. The van der Waals surface area contributed by atoms with E-state index in [2.05, 4.69) is 20.8 Å². The summed E-state index contributed by atoms with van der Waals surface area (Å²) < 4.78 is 11.1. The molecule has 3 atom stereocenters. The maximum absolute atomic E-state index is 12.5. The lowest BCUT2D eigenvalue weighted by Crippen LogP contribution is -2.53. The largest absolute Gasteiger partial charge is 0.375 e. The van der Waals surface area contributed by atoms with Gasteiger partial charge in [0.15, 0.2) is 5.82 Å². The third kappa shape index (κ3) is 4.03. The standard InChI is InChI=1S/C18H28N4O3/c23-18(13-6-7-15-14(10-13)19-8-9-24-15)20-11-16-21-17(22-25-16)12-4-2-1-3-5-12/h12-15,19H,1-11H2,(H,20,23)/t13-,14+,15+/m0/s1. The highest BCUT2D eigenvalue weighted by Crippen LogP contribution is 2.31. The molecule has 0 radical (unpaired) electrons. The number of hydrogen-bond acceptors (Lipinski definition) is 6. The number of fused-ring (bicyclic) bond motifs is 1. The fraction of sp³-hybridized carbons (Fsp3) is 0.833. The fourth-order valence-corrected chi connectivity index (χ4v) is 4.42. The average Bonchev–Trinajstić information content (AvgIpc) is 3.15. The number of ether oxygens (including phenoxy) is 1. The van der Waals surface area contributed by atoms with E-state index in [4.69, 9.17) is 9.26 Å². The molecule has 25 heavy (non-hydrogen) atoms. The van der Waals surface area contributed by atoms with Crippen LogP contribution in [-0.4, -0.2) is 41.3 Å². The molecule has 138 valence electrons. The Kier molecular flexibility index (Phi) is 5.31. The van der Waals surface area contributed by atoms with Crippen LogP contribution in [0.3, 0.4) is 0 Å². The van der Waals surface area contributed by atoms with Crippen molar-refractivity contribution in [2.45, 2.75) is 76.0 Å². The van der Waals surface area contributed by atoms with Gasteiger partial charge in [-0.15, -0.1) is 0 Å². The first kappa shape index (κ1) is 17.0. The van der Waals surface area contributed by atoms with E-state index in [0.29, 0.717) is 24.4 Å². The maximum atomic E-state index is 12.5. The van der Waals surface area contributed by atoms with E-state index in [-0.39, 0.29) is 17.9 Å². The van der Waals surface area contributed by atoms with Gasteiger partial charge in [0.1, 0.15) is 0 Å². The summed E-state index contributed by atoms with van der Waals surface area (Å²) in [7, 11) is 0. The van der Waals surface area contributed by atoms with E-state index < -0.39 is 0 Å². The molecule has 0 bridgehead atoms. The summed E-state index contributed by atoms with van der Waals surface area (Å²) in [6.45, 7) is 1.98. The number of nitrogens with zero attached hydrogens (tertiary/aromatic N) is 2. The van der Waals surface area contributed by atoms with Gasteiger partial charge in [-0.3, -0.25) is 4.79 Å². The van der Waals surface area contributed by atoms with Gasteiger partial charge in [-0.05, 0) is 32.1 Å². The first-order chi connectivity index (χ1) is 12.3. The summed E-state index contributed by atoms with van der Waals surface area (Å²) in [6, 6.07) is 0.305. The van der Waals surface area contributed by atoms with Crippen molar-refractivity contribution < 1.29 is 14.1 Å². The molecule has 3 aliphatic rings. The van der Waals surface area contributed by atoms with Crippen molar-refractivity contribution in [1.29, 1.82) is 0 Å². The lowest BCUT2D eigenvalue weighted by atomic mass is 9.82. The van der Waals surface area contributed by atoms with Gasteiger partial charge in [0, 0.05) is 24.4 Å². The Morgan fingerprint density at radius 1 is 1.20 bits per heavy atom. The smallest absolute Gasteiger partial charge is 0.246 e. The normalized spacial score (nSPS) is 30.6. The van der Waals surface area contributed by atoms with Gasteiger partial charge in [-0.1, -0.05) is 24.4 Å². The predicted octanol–water partition coefficient (Wildman–Crippen LogP) is 1.89. The zero-order chi connectivity index (χ0) is 17.1. The van der Waals surface area contributed by atoms with Crippen molar-refractivity contribution in [1.82, 2.24) is 20.8 Å². The Bertz CT molecular complexity index is 585. The highest BCUT2D eigenvalue weighted by Gasteiger charge is 2.35. The van der Waals surface area contributed by atoms with Crippen LogP contribution >= 0.6 is 0 Å². The quantitative estimate of drug-likeness (QED) is 0.864. The fourth-order valence-electron chi connectivity index (χ4n) is 4.42. The molecule has 0 spiro atoms. The van der Waals surface area contributed by atoms with Crippen molar-refractivity contribution in [3.8, 4) is 0 Å². The molecule has 1 aliphatic heterocycles. The van der Waals surface area contributed by atoms with E-state index in [9.17, 15) is 4.79 Å². The molecule has 0 aromatic carbocycles. The number of nitrogens with one attached hydrogen (secondary N) is 2. The molecular formula is C18H28N4O3. The monoisotopic (exact) mass is 348 g/mol. The first-order valence-corrected chi connectivity index (χ1v) is 9.75. The van der Waals surface area contributed by atoms with Crippen LogP contribution in [0, 0.1) is 5.92 Å². The molecule has 4 rings (SSSR count). The van der Waals surface area contributed by atoms with E-state index in [0.717, 1.165) is 51.1 Å². The minimum absolute atomic E-state index is 0.0381. The maximum Gasteiger partial charge on any atom is 0.246 e. The van der Waals surface area contributed by atoms with Crippen molar-refractivity contribution in [2.24, 2.45) is 5.92 Å². The van der Waals surface area contributed by atoms with E-state index in [1.165, 1.54) is 19.3 Å². The number of aromatic nitrogens is 2. The van der Waals surface area contributed by atoms with Crippen LogP contribution in [0.25, 0.3) is 0 Å². The van der Waals surface area contributed by atoms with Crippen LogP contribution in [0.2, 0.25) is 0 Å². The van der Waals surface area contributed by atoms with Crippen LogP contribution in [0.1, 0.15) is 69.0 Å². The molecule has 2 N–H and O–H groups in total. The molecule has 1 aromatic rings. The summed E-state index contributed by atoms with van der Waals surface area (Å²) in [6.07, 6.45) is 9.02. The molecule has 2 saturated carbocycles. The Labute approximate surface area is 148 Å². The second kappa shape index (κ2) is 7.83. The molecule has 7 heteroatoms. The van der Waals surface area contributed by atoms with Crippen LogP contribution < -0.4 is 10.6 Å². The number of carbonyl (C=O) groups is 1. The lowest BCUT2D eigenvalue weighted by molar-refractivity contribution is -0.128. The minimum atomic E-state index is 0.0381. The average molecular weight is 348 g/mol. The van der Waals surface area contributed by atoms with Gasteiger partial charge < -0.3 is 19.9 Å². The van der Waals surface area contributed by atoms with Crippen molar-refractivity contribution in [3.05, 3.63) is 11.7 Å². The van der Waals surface area contributed by atoms with Crippen molar-refractivity contribution >= 4 is 5.91 Å². The van der Waals surface area contributed by atoms with Gasteiger partial charge in [0.05, 0.1) is 19.3 Å².